The van der Waals surface area contributed by atoms with Gasteiger partial charge in [0.15, 0.2) is 12.1 Å². The van der Waals surface area contributed by atoms with Crippen molar-refractivity contribution in [3.05, 3.63) is 22.8 Å². The Hall–Kier alpha value is -3.47. The van der Waals surface area contributed by atoms with E-state index in [9.17, 15) is 0 Å². The van der Waals surface area contributed by atoms with Gasteiger partial charge in [0, 0.05) is 0 Å². The molecule has 7 heteroatoms. The summed E-state index contributed by atoms with van der Waals surface area (Å²) in [5, 5.41) is 43.9. The van der Waals surface area contributed by atoms with Crippen LogP contribution in [-0.4, -0.2) is 4.98 Å². The molecule has 0 atom stereocenters. The normalized spacial score (nSPS) is 7.94. The summed E-state index contributed by atoms with van der Waals surface area (Å²) >= 11 is 0. The predicted octanol–water partition coefficient (Wildman–Crippen LogP) is -0.621. The Morgan fingerprint density at radius 2 is 1.29 bits per heavy atom. The van der Waals surface area contributed by atoms with Crippen molar-refractivity contribution in [2.24, 2.45) is 0 Å². The van der Waals surface area contributed by atoms with Gasteiger partial charge in [0.25, 0.3) is 0 Å². The van der Waals surface area contributed by atoms with Crippen LogP contribution in [0.5, 0.6) is 0 Å². The molecular weight excluding hydrogens is 218 g/mol. The van der Waals surface area contributed by atoms with Crippen molar-refractivity contribution >= 4 is 0 Å². The number of nitriles is 5. The highest BCUT2D eigenvalue weighted by molar-refractivity contribution is 5.39. The van der Waals surface area contributed by atoms with Gasteiger partial charge in [-0.05, 0) is 0 Å². The van der Waals surface area contributed by atoms with Crippen LogP contribution in [0.3, 0.4) is 0 Å². The van der Waals surface area contributed by atoms with Crippen molar-refractivity contribution < 1.29 is 4.57 Å². The van der Waals surface area contributed by atoms with E-state index in [-0.39, 0.29) is 29.3 Å². The zero-order valence-corrected chi connectivity index (χ0v) is 8.34. The quantitative estimate of drug-likeness (QED) is 0.578. The van der Waals surface area contributed by atoms with E-state index in [1.807, 2.05) is 0 Å². The molecule has 0 radical (unpaired) electrons. The van der Waals surface area contributed by atoms with E-state index in [2.05, 4.69) is 4.98 Å². The molecular formula is C10H2N7+. The van der Waals surface area contributed by atoms with Crippen LogP contribution in [0.4, 0.5) is 0 Å². The highest BCUT2D eigenvalue weighted by Crippen LogP contribution is 2.04. The minimum absolute atomic E-state index is 0.204. The number of hydrogen-bond acceptors (Lipinski definition) is 6. The molecule has 0 bridgehead atoms. The Kier molecular flexibility index (Phi) is 3.31. The van der Waals surface area contributed by atoms with Crippen molar-refractivity contribution in [1.82, 2.24) is 4.98 Å². The maximum Gasteiger partial charge on any atom is 0.322 e. The second-order valence-electron chi connectivity index (χ2n) is 2.70. The smallest absolute Gasteiger partial charge is 0.212 e. The number of nitrogens with zero attached hydrogens (tertiary/aromatic N) is 7. The average molecular weight is 220 g/mol. The Labute approximate surface area is 96.2 Å². The predicted molar refractivity (Wildman–Crippen MR) is 48.9 cm³/mol. The molecule has 0 aromatic carbocycles. The minimum atomic E-state index is -0.308. The lowest BCUT2D eigenvalue weighted by atomic mass is 10.2. The molecule has 0 unspecified atom stereocenters. The highest BCUT2D eigenvalue weighted by Gasteiger charge is 2.27. The van der Waals surface area contributed by atoms with Crippen LogP contribution in [0, 0.1) is 56.7 Å². The molecule has 0 amide bonds. The second kappa shape index (κ2) is 4.85. The first-order chi connectivity index (χ1) is 8.23. The zero-order valence-electron chi connectivity index (χ0n) is 8.34. The Balaban J connectivity index is 3.83. The van der Waals surface area contributed by atoms with E-state index in [1.165, 1.54) is 0 Å². The summed E-state index contributed by atoms with van der Waals surface area (Å²) in [5.74, 6) is 0. The fourth-order valence-corrected chi connectivity index (χ4v) is 1.20. The molecule has 76 valence electrons. The number of aromatic nitrogens is 2. The number of rotatable bonds is 1. The topological polar surface area (TPSA) is 136 Å². The summed E-state index contributed by atoms with van der Waals surface area (Å²) in [6.07, 6.45) is 0. The minimum Gasteiger partial charge on any atom is -0.212 e. The lowest BCUT2D eigenvalue weighted by molar-refractivity contribution is -0.690. The van der Waals surface area contributed by atoms with Gasteiger partial charge in [-0.1, -0.05) is 0 Å². The molecule has 0 fully saturated rings. The van der Waals surface area contributed by atoms with Gasteiger partial charge in [-0.15, -0.1) is 0 Å². The van der Waals surface area contributed by atoms with Gasteiger partial charge in [-0.3, -0.25) is 0 Å². The standard InChI is InChI=1S/C10H2N7/c11-1-2-17-9(5-14)7(3-12)16-8(4-13)10(17)6-15/h2H2/q+1. The summed E-state index contributed by atoms with van der Waals surface area (Å²) in [6, 6.07) is 8.43. The largest absolute Gasteiger partial charge is 0.322 e. The first-order valence-corrected chi connectivity index (χ1v) is 4.18. The molecule has 1 heterocycles. The van der Waals surface area contributed by atoms with E-state index in [0.717, 1.165) is 4.57 Å². The van der Waals surface area contributed by atoms with Crippen molar-refractivity contribution in [2.45, 2.75) is 6.54 Å². The maximum absolute atomic E-state index is 8.88. The van der Waals surface area contributed by atoms with Crippen LogP contribution in [0.2, 0.25) is 0 Å². The molecule has 17 heavy (non-hydrogen) atoms. The van der Waals surface area contributed by atoms with Gasteiger partial charge in [0.2, 0.25) is 17.9 Å². The van der Waals surface area contributed by atoms with Crippen LogP contribution < -0.4 is 4.57 Å². The molecule has 0 aliphatic carbocycles. The molecule has 0 spiro atoms. The summed E-state index contributed by atoms with van der Waals surface area (Å²) in [6.45, 7) is -0.308. The van der Waals surface area contributed by atoms with Gasteiger partial charge in [-0.2, -0.15) is 30.9 Å². The molecule has 7 nitrogen and oxygen atoms in total. The van der Waals surface area contributed by atoms with E-state index in [1.54, 1.807) is 30.3 Å². The first kappa shape index (κ1) is 11.6. The average Bonchev–Trinajstić information content (AvgIpc) is 2.37. The highest BCUT2D eigenvalue weighted by atomic mass is 15.0. The third-order valence-corrected chi connectivity index (χ3v) is 1.86. The van der Waals surface area contributed by atoms with Gasteiger partial charge in [0.1, 0.15) is 18.2 Å². The molecule has 1 aromatic rings. The molecule has 0 saturated carbocycles. The third-order valence-electron chi connectivity index (χ3n) is 1.86. The lowest BCUT2D eigenvalue weighted by Gasteiger charge is -1.98. The Bertz CT molecular complexity index is 632. The second-order valence-corrected chi connectivity index (χ2v) is 2.70. The number of hydrogen-bond donors (Lipinski definition) is 0. The molecule has 1 rings (SSSR count). The van der Waals surface area contributed by atoms with Crippen LogP contribution >= 0.6 is 0 Å². The fourth-order valence-electron chi connectivity index (χ4n) is 1.20. The molecule has 0 aliphatic heterocycles. The van der Waals surface area contributed by atoms with Crippen LogP contribution in [0.25, 0.3) is 0 Å². The summed E-state index contributed by atoms with van der Waals surface area (Å²) in [4.78, 5) is 3.60. The van der Waals surface area contributed by atoms with Crippen LogP contribution in [-0.2, 0) is 6.54 Å². The van der Waals surface area contributed by atoms with Gasteiger partial charge < -0.3 is 0 Å². The van der Waals surface area contributed by atoms with Crippen molar-refractivity contribution in [3.63, 3.8) is 0 Å². The van der Waals surface area contributed by atoms with E-state index in [0.29, 0.717) is 0 Å². The zero-order chi connectivity index (χ0) is 12.8. The molecule has 1 aromatic heterocycles. The van der Waals surface area contributed by atoms with Gasteiger partial charge in [0.05, 0.1) is 0 Å². The molecule has 0 N–H and O–H groups in total. The lowest BCUT2D eigenvalue weighted by Crippen LogP contribution is -2.43. The van der Waals surface area contributed by atoms with Crippen LogP contribution in [0.1, 0.15) is 22.8 Å². The first-order valence-electron chi connectivity index (χ1n) is 4.18. The van der Waals surface area contributed by atoms with E-state index in [4.69, 9.17) is 26.3 Å². The summed E-state index contributed by atoms with van der Waals surface area (Å²) in [5.41, 5.74) is -0.967. The van der Waals surface area contributed by atoms with Crippen molar-refractivity contribution in [2.75, 3.05) is 0 Å². The van der Waals surface area contributed by atoms with E-state index < -0.39 is 0 Å². The summed E-state index contributed by atoms with van der Waals surface area (Å²) < 4.78 is 1.00. The SMILES string of the molecule is N#CC[n+]1c(C#N)c(C#N)nc(C#N)c1C#N. The van der Waals surface area contributed by atoms with Crippen LogP contribution in [0.15, 0.2) is 0 Å². The Morgan fingerprint density at radius 1 is 0.824 bits per heavy atom. The maximum atomic E-state index is 8.88. The van der Waals surface area contributed by atoms with Gasteiger partial charge in [-0.25, -0.2) is 4.98 Å². The van der Waals surface area contributed by atoms with E-state index >= 15 is 0 Å². The molecule has 0 saturated heterocycles. The third kappa shape index (κ3) is 1.83. The fraction of sp³-hybridized carbons (Fsp3) is 0.100. The van der Waals surface area contributed by atoms with Crippen molar-refractivity contribution in [3.8, 4) is 30.3 Å². The monoisotopic (exact) mass is 220 g/mol. The Morgan fingerprint density at radius 3 is 1.59 bits per heavy atom. The van der Waals surface area contributed by atoms with Crippen molar-refractivity contribution in [1.29, 1.82) is 26.3 Å². The van der Waals surface area contributed by atoms with Gasteiger partial charge >= 0.3 is 11.4 Å². The molecule has 0 aliphatic rings. The summed E-state index contributed by atoms with van der Waals surface area (Å²) in [7, 11) is 0.